The van der Waals surface area contributed by atoms with Crippen molar-refractivity contribution in [2.24, 2.45) is 0 Å². The smallest absolute Gasteiger partial charge is 0.408 e. The summed E-state index contributed by atoms with van der Waals surface area (Å²) in [6.07, 6.45) is 0.894. The van der Waals surface area contributed by atoms with Crippen LogP contribution >= 0.6 is 22.9 Å². The zero-order chi connectivity index (χ0) is 16.4. The number of anilines is 1. The fourth-order valence-electron chi connectivity index (χ4n) is 2.09. The maximum atomic E-state index is 12.0. The van der Waals surface area contributed by atoms with Crippen molar-refractivity contribution >= 4 is 45.1 Å². The largest absolute Gasteiger partial charge is 0.419 e. The van der Waals surface area contributed by atoms with E-state index in [1.165, 1.54) is 15.9 Å². The first-order valence-electron chi connectivity index (χ1n) is 6.98. The molecule has 0 fully saturated rings. The van der Waals surface area contributed by atoms with Crippen molar-refractivity contribution in [3.8, 4) is 0 Å². The number of benzene rings is 1. The molecule has 1 amide bonds. The number of halogens is 1. The molecule has 23 heavy (non-hydrogen) atoms. The molecule has 0 aliphatic carbocycles. The zero-order valence-corrected chi connectivity index (χ0v) is 13.8. The molecule has 120 valence electrons. The number of hydrogen-bond acceptors (Lipinski definition) is 6. The van der Waals surface area contributed by atoms with Gasteiger partial charge in [0.1, 0.15) is 5.01 Å². The second-order valence-electron chi connectivity index (χ2n) is 4.78. The highest BCUT2D eigenvalue weighted by atomic mass is 35.5. The van der Waals surface area contributed by atoms with E-state index in [0.29, 0.717) is 21.3 Å². The summed E-state index contributed by atoms with van der Waals surface area (Å²) in [5, 5.41) is 12.3. The van der Waals surface area contributed by atoms with Crippen LogP contribution in [0.25, 0.3) is 11.1 Å². The molecular formula is C14H13ClN4O3S. The molecule has 3 aromatic rings. The minimum absolute atomic E-state index is 0.123. The number of rotatable bonds is 5. The van der Waals surface area contributed by atoms with Crippen molar-refractivity contribution in [1.29, 1.82) is 0 Å². The van der Waals surface area contributed by atoms with Crippen LogP contribution in [0.4, 0.5) is 5.13 Å². The van der Waals surface area contributed by atoms with E-state index in [4.69, 9.17) is 16.0 Å². The highest BCUT2D eigenvalue weighted by molar-refractivity contribution is 7.15. The molecular weight excluding hydrogens is 340 g/mol. The summed E-state index contributed by atoms with van der Waals surface area (Å²) in [7, 11) is 0. The van der Waals surface area contributed by atoms with E-state index >= 15 is 0 Å². The first kappa shape index (κ1) is 15.7. The Labute approximate surface area is 139 Å². The Hall–Kier alpha value is -2.19. The topological polar surface area (TPSA) is 90.0 Å². The van der Waals surface area contributed by atoms with Gasteiger partial charge in [0.2, 0.25) is 11.0 Å². The van der Waals surface area contributed by atoms with Crippen molar-refractivity contribution in [2.45, 2.75) is 26.3 Å². The Kier molecular flexibility index (Phi) is 4.44. The summed E-state index contributed by atoms with van der Waals surface area (Å²) in [5.74, 6) is -0.752. The number of fused-ring (bicyclic) bond motifs is 1. The van der Waals surface area contributed by atoms with Crippen molar-refractivity contribution in [3.05, 3.63) is 38.8 Å². The quantitative estimate of drug-likeness (QED) is 0.762. The van der Waals surface area contributed by atoms with Crippen LogP contribution in [0.5, 0.6) is 0 Å². The monoisotopic (exact) mass is 352 g/mol. The highest BCUT2D eigenvalue weighted by Crippen LogP contribution is 2.19. The van der Waals surface area contributed by atoms with Gasteiger partial charge in [0, 0.05) is 24.1 Å². The lowest BCUT2D eigenvalue weighted by molar-refractivity contribution is -0.116. The van der Waals surface area contributed by atoms with Crippen molar-refractivity contribution in [3.63, 3.8) is 0 Å². The third-order valence-corrected chi connectivity index (χ3v) is 4.43. The third kappa shape index (κ3) is 3.43. The Morgan fingerprint density at radius 3 is 3.00 bits per heavy atom. The van der Waals surface area contributed by atoms with Crippen LogP contribution in [0.2, 0.25) is 5.02 Å². The second kappa shape index (κ2) is 6.51. The molecule has 7 nitrogen and oxygen atoms in total. The molecule has 0 radical (unpaired) electrons. The second-order valence-corrected chi connectivity index (χ2v) is 6.28. The van der Waals surface area contributed by atoms with Gasteiger partial charge in [0.25, 0.3) is 0 Å². The van der Waals surface area contributed by atoms with Crippen LogP contribution in [-0.2, 0) is 17.8 Å². The molecule has 0 spiro atoms. The molecule has 0 bridgehead atoms. The van der Waals surface area contributed by atoms with E-state index in [1.54, 1.807) is 18.2 Å². The number of aromatic nitrogens is 3. The number of oxazole rings is 1. The first-order chi connectivity index (χ1) is 11.1. The third-order valence-electron chi connectivity index (χ3n) is 3.21. The molecule has 2 heterocycles. The Bertz CT molecular complexity index is 914. The van der Waals surface area contributed by atoms with Crippen LogP contribution < -0.4 is 11.1 Å². The standard InChI is InChI=1S/C14H13ClN4O3S/c1-2-12-17-18-13(23-12)16-11(20)5-6-19-9-4-3-8(15)7-10(9)22-14(19)21/h3-4,7H,2,5-6H2,1H3,(H,16,18,20). The number of hydrogen-bond donors (Lipinski definition) is 1. The maximum absolute atomic E-state index is 12.0. The molecule has 0 aliphatic rings. The number of carbonyl (C=O) groups is 1. The molecule has 3 rings (SSSR count). The van der Waals surface area contributed by atoms with Crippen LogP contribution in [0, 0.1) is 0 Å². The predicted octanol–water partition coefficient (Wildman–Crippen LogP) is 2.69. The van der Waals surface area contributed by atoms with Gasteiger partial charge in [-0.15, -0.1) is 10.2 Å². The average Bonchev–Trinajstić information content (AvgIpc) is 3.08. The van der Waals surface area contributed by atoms with Gasteiger partial charge in [0.05, 0.1) is 5.52 Å². The molecule has 9 heteroatoms. The van der Waals surface area contributed by atoms with Gasteiger partial charge in [-0.25, -0.2) is 4.79 Å². The van der Waals surface area contributed by atoms with Gasteiger partial charge in [-0.3, -0.25) is 9.36 Å². The minimum Gasteiger partial charge on any atom is -0.408 e. The lowest BCUT2D eigenvalue weighted by Crippen LogP contribution is -2.19. The molecule has 0 unspecified atom stereocenters. The van der Waals surface area contributed by atoms with Crippen LogP contribution in [0.1, 0.15) is 18.4 Å². The molecule has 0 saturated heterocycles. The van der Waals surface area contributed by atoms with E-state index in [2.05, 4.69) is 15.5 Å². The van der Waals surface area contributed by atoms with Crippen molar-refractivity contribution < 1.29 is 9.21 Å². The zero-order valence-electron chi connectivity index (χ0n) is 12.2. The summed E-state index contributed by atoms with van der Waals surface area (Å²) in [6.45, 7) is 2.17. The van der Waals surface area contributed by atoms with Crippen LogP contribution in [0.3, 0.4) is 0 Å². The molecule has 1 aromatic carbocycles. The minimum atomic E-state index is -0.515. The van der Waals surface area contributed by atoms with Crippen LogP contribution in [0.15, 0.2) is 27.4 Å². The number of aryl methyl sites for hydroxylation is 2. The summed E-state index contributed by atoms with van der Waals surface area (Å²) < 4.78 is 6.52. The van der Waals surface area contributed by atoms with E-state index in [0.717, 1.165) is 11.4 Å². The van der Waals surface area contributed by atoms with Gasteiger partial charge in [-0.05, 0) is 18.6 Å². The Balaban J connectivity index is 1.69. The van der Waals surface area contributed by atoms with Crippen LogP contribution in [-0.4, -0.2) is 20.7 Å². The van der Waals surface area contributed by atoms with E-state index in [1.807, 2.05) is 6.92 Å². The van der Waals surface area contributed by atoms with Gasteiger partial charge in [-0.2, -0.15) is 0 Å². The lowest BCUT2D eigenvalue weighted by Gasteiger charge is -2.02. The summed E-state index contributed by atoms with van der Waals surface area (Å²) in [6, 6.07) is 4.93. The fourth-order valence-corrected chi connectivity index (χ4v) is 2.95. The molecule has 2 aromatic heterocycles. The van der Waals surface area contributed by atoms with Gasteiger partial charge >= 0.3 is 5.76 Å². The average molecular weight is 353 g/mol. The number of carbonyl (C=O) groups excluding carboxylic acids is 1. The Morgan fingerprint density at radius 2 is 2.26 bits per heavy atom. The highest BCUT2D eigenvalue weighted by Gasteiger charge is 2.12. The number of nitrogens with zero attached hydrogens (tertiary/aromatic N) is 3. The van der Waals surface area contributed by atoms with E-state index in [-0.39, 0.29) is 18.9 Å². The molecule has 0 saturated carbocycles. The lowest BCUT2D eigenvalue weighted by atomic mass is 10.3. The van der Waals surface area contributed by atoms with Crippen molar-refractivity contribution in [1.82, 2.24) is 14.8 Å². The van der Waals surface area contributed by atoms with E-state index < -0.39 is 5.76 Å². The maximum Gasteiger partial charge on any atom is 0.419 e. The van der Waals surface area contributed by atoms with Gasteiger partial charge in [-0.1, -0.05) is 29.9 Å². The summed E-state index contributed by atoms with van der Waals surface area (Å²) >= 11 is 7.20. The SMILES string of the molecule is CCc1nnc(NC(=O)CCn2c(=O)oc3cc(Cl)ccc32)s1. The number of nitrogens with one attached hydrogen (secondary N) is 1. The van der Waals surface area contributed by atoms with Gasteiger partial charge in [0.15, 0.2) is 5.58 Å². The first-order valence-corrected chi connectivity index (χ1v) is 8.17. The molecule has 1 N–H and O–H groups in total. The predicted molar refractivity (Wildman–Crippen MR) is 88.0 cm³/mol. The van der Waals surface area contributed by atoms with E-state index in [9.17, 15) is 9.59 Å². The molecule has 0 aliphatic heterocycles. The summed E-state index contributed by atoms with van der Waals surface area (Å²) in [4.78, 5) is 23.8. The van der Waals surface area contributed by atoms with Gasteiger partial charge < -0.3 is 9.73 Å². The number of amides is 1. The van der Waals surface area contributed by atoms with Crippen molar-refractivity contribution in [2.75, 3.05) is 5.32 Å². The Morgan fingerprint density at radius 1 is 1.43 bits per heavy atom. The molecule has 0 atom stereocenters. The fraction of sp³-hybridized carbons (Fsp3) is 0.286. The normalized spacial score (nSPS) is 11.0. The summed E-state index contributed by atoms with van der Waals surface area (Å²) in [5.41, 5.74) is 1.01.